The molecule has 2 aromatic carbocycles. The second-order valence-corrected chi connectivity index (χ2v) is 5.19. The van der Waals surface area contributed by atoms with Crippen molar-refractivity contribution in [2.45, 2.75) is 0 Å². The van der Waals surface area contributed by atoms with E-state index in [-0.39, 0.29) is 40.9 Å². The Morgan fingerprint density at radius 1 is 1.27 bits per heavy atom. The lowest BCUT2D eigenvalue weighted by Gasteiger charge is -2.05. The predicted molar refractivity (Wildman–Crippen MR) is 89.5 cm³/mol. The van der Waals surface area contributed by atoms with Gasteiger partial charge in [-0.15, -0.1) is 0 Å². The third-order valence-corrected chi connectivity index (χ3v) is 3.51. The smallest absolute Gasteiger partial charge is 0.280 e. The number of fused-ring (bicyclic) bond motifs is 1. The average molecular weight is 353 g/mol. The molecule has 3 rings (SSSR count). The maximum Gasteiger partial charge on any atom is 0.280 e. The molecular formula is C17H11N3O6. The largest absolute Gasteiger partial charge is 0.508 e. The molecule has 1 heterocycles. The standard InChI is InChI=1S/C17H11N3O6/c18-8-11(17(22)19-12-1-3-13(21)4-2-12)5-10-6-15-16(26-9-25-15)7-14(10)20(23)24/h1-7,21H,9H2,(H,19,22)/b11-5+. The maximum absolute atomic E-state index is 12.3. The highest BCUT2D eigenvalue weighted by Crippen LogP contribution is 2.38. The molecule has 0 aliphatic carbocycles. The molecule has 1 aliphatic heterocycles. The van der Waals surface area contributed by atoms with Crippen LogP contribution in [0.2, 0.25) is 0 Å². The summed E-state index contributed by atoms with van der Waals surface area (Å²) < 4.78 is 10.3. The van der Waals surface area contributed by atoms with E-state index in [0.717, 1.165) is 6.08 Å². The monoisotopic (exact) mass is 353 g/mol. The van der Waals surface area contributed by atoms with Crippen LogP contribution in [0.5, 0.6) is 17.2 Å². The predicted octanol–water partition coefficient (Wildman–Crippen LogP) is 2.57. The van der Waals surface area contributed by atoms with Crippen LogP contribution in [0.4, 0.5) is 11.4 Å². The highest BCUT2D eigenvalue weighted by molar-refractivity contribution is 6.10. The SMILES string of the molecule is N#C/C(=C\c1cc2c(cc1[N+](=O)[O-])OCO2)C(=O)Nc1ccc(O)cc1. The van der Waals surface area contributed by atoms with Crippen molar-refractivity contribution in [3.8, 4) is 23.3 Å². The van der Waals surface area contributed by atoms with Gasteiger partial charge in [-0.2, -0.15) is 5.26 Å². The lowest BCUT2D eigenvalue weighted by molar-refractivity contribution is -0.385. The molecule has 9 nitrogen and oxygen atoms in total. The Kier molecular flexibility index (Phi) is 4.40. The molecule has 0 saturated heterocycles. The van der Waals surface area contributed by atoms with E-state index < -0.39 is 10.8 Å². The van der Waals surface area contributed by atoms with Crippen LogP contribution >= 0.6 is 0 Å². The van der Waals surface area contributed by atoms with Gasteiger partial charge in [0.05, 0.1) is 16.6 Å². The molecule has 0 spiro atoms. The lowest BCUT2D eigenvalue weighted by Crippen LogP contribution is -2.13. The van der Waals surface area contributed by atoms with Gasteiger partial charge in [-0.3, -0.25) is 14.9 Å². The lowest BCUT2D eigenvalue weighted by atomic mass is 10.1. The summed E-state index contributed by atoms with van der Waals surface area (Å²) in [6, 6.07) is 9.88. The Bertz CT molecular complexity index is 960. The number of rotatable bonds is 4. The van der Waals surface area contributed by atoms with Crippen molar-refractivity contribution >= 4 is 23.4 Å². The number of benzene rings is 2. The highest BCUT2D eigenvalue weighted by Gasteiger charge is 2.23. The Morgan fingerprint density at radius 2 is 1.92 bits per heavy atom. The number of nitrogens with one attached hydrogen (secondary N) is 1. The molecule has 0 saturated carbocycles. The van der Waals surface area contributed by atoms with E-state index in [1.165, 1.54) is 36.4 Å². The molecule has 0 aromatic heterocycles. The summed E-state index contributed by atoms with van der Waals surface area (Å²) in [5.74, 6) is -0.209. The van der Waals surface area contributed by atoms with Crippen LogP contribution in [0, 0.1) is 21.4 Å². The summed E-state index contributed by atoms with van der Waals surface area (Å²) in [7, 11) is 0. The molecule has 0 atom stereocenters. The van der Waals surface area contributed by atoms with E-state index in [9.17, 15) is 25.3 Å². The summed E-state index contributed by atoms with van der Waals surface area (Å²) in [5.41, 5.74) is -0.259. The Hall–Kier alpha value is -4.06. The molecule has 26 heavy (non-hydrogen) atoms. The van der Waals surface area contributed by atoms with Gasteiger partial charge in [0.1, 0.15) is 17.4 Å². The molecule has 0 unspecified atom stereocenters. The zero-order chi connectivity index (χ0) is 18.7. The summed E-state index contributed by atoms with van der Waals surface area (Å²) in [5, 5.41) is 32.2. The van der Waals surface area contributed by atoms with Crippen molar-refractivity contribution in [1.29, 1.82) is 5.26 Å². The third kappa shape index (κ3) is 3.39. The number of phenols is 1. The van der Waals surface area contributed by atoms with Gasteiger partial charge in [0, 0.05) is 5.69 Å². The first-order valence-corrected chi connectivity index (χ1v) is 7.28. The van der Waals surface area contributed by atoms with Crippen LogP contribution in [0.15, 0.2) is 42.0 Å². The number of hydrogen-bond acceptors (Lipinski definition) is 7. The summed E-state index contributed by atoms with van der Waals surface area (Å²) in [6.45, 7) is -0.0634. The Balaban J connectivity index is 1.93. The number of nitrogens with zero attached hydrogens (tertiary/aromatic N) is 2. The summed E-state index contributed by atoms with van der Waals surface area (Å²) in [6.07, 6.45) is 1.11. The highest BCUT2D eigenvalue weighted by atomic mass is 16.7. The fourth-order valence-electron chi connectivity index (χ4n) is 2.27. The molecule has 130 valence electrons. The van der Waals surface area contributed by atoms with Crippen molar-refractivity contribution in [2.24, 2.45) is 0 Å². The van der Waals surface area contributed by atoms with Crippen molar-refractivity contribution in [3.63, 3.8) is 0 Å². The van der Waals surface area contributed by atoms with Gasteiger partial charge in [-0.1, -0.05) is 0 Å². The molecule has 0 radical (unpaired) electrons. The van der Waals surface area contributed by atoms with Gasteiger partial charge in [0.2, 0.25) is 6.79 Å². The van der Waals surface area contributed by atoms with Gasteiger partial charge in [0.25, 0.3) is 11.6 Å². The van der Waals surface area contributed by atoms with Crippen molar-refractivity contribution in [3.05, 3.63) is 57.6 Å². The van der Waals surface area contributed by atoms with Gasteiger partial charge >= 0.3 is 0 Å². The fourth-order valence-corrected chi connectivity index (χ4v) is 2.27. The number of carbonyl (C=O) groups excluding carboxylic acids is 1. The van der Waals surface area contributed by atoms with Crippen LogP contribution in [0.25, 0.3) is 6.08 Å². The molecule has 1 amide bonds. The first kappa shape index (κ1) is 16.8. The number of anilines is 1. The van der Waals surface area contributed by atoms with Crippen molar-refractivity contribution in [2.75, 3.05) is 12.1 Å². The molecule has 0 fully saturated rings. The molecule has 1 aliphatic rings. The number of nitro benzene ring substituents is 1. The third-order valence-electron chi connectivity index (χ3n) is 3.51. The second kappa shape index (κ2) is 6.82. The number of amides is 1. The average Bonchev–Trinajstić information content (AvgIpc) is 3.08. The van der Waals surface area contributed by atoms with Gasteiger partial charge in [-0.25, -0.2) is 0 Å². The van der Waals surface area contributed by atoms with Crippen LogP contribution in [-0.2, 0) is 4.79 Å². The molecular weight excluding hydrogens is 342 g/mol. The first-order chi connectivity index (χ1) is 12.5. The van der Waals surface area contributed by atoms with Crippen LogP contribution < -0.4 is 14.8 Å². The van der Waals surface area contributed by atoms with E-state index >= 15 is 0 Å². The number of hydrogen-bond donors (Lipinski definition) is 2. The number of nitro groups is 1. The maximum atomic E-state index is 12.3. The minimum absolute atomic E-state index is 0.0232. The van der Waals surface area contributed by atoms with E-state index in [2.05, 4.69) is 5.32 Å². The summed E-state index contributed by atoms with van der Waals surface area (Å²) in [4.78, 5) is 22.9. The molecule has 2 aromatic rings. The minimum atomic E-state index is -0.745. The second-order valence-electron chi connectivity index (χ2n) is 5.19. The van der Waals surface area contributed by atoms with Crippen LogP contribution in [-0.4, -0.2) is 22.7 Å². The van der Waals surface area contributed by atoms with Crippen LogP contribution in [0.3, 0.4) is 0 Å². The zero-order valence-corrected chi connectivity index (χ0v) is 13.1. The molecule has 9 heteroatoms. The normalized spacial score (nSPS) is 12.3. The minimum Gasteiger partial charge on any atom is -0.508 e. The molecule has 0 bridgehead atoms. The van der Waals surface area contributed by atoms with E-state index in [4.69, 9.17) is 9.47 Å². The number of nitriles is 1. The topological polar surface area (TPSA) is 135 Å². The Labute approximate surface area is 146 Å². The Morgan fingerprint density at radius 3 is 2.54 bits per heavy atom. The molecule has 2 N–H and O–H groups in total. The number of carbonyl (C=O) groups is 1. The number of ether oxygens (including phenoxy) is 2. The van der Waals surface area contributed by atoms with Crippen molar-refractivity contribution < 1.29 is 24.3 Å². The van der Waals surface area contributed by atoms with Crippen LogP contribution in [0.1, 0.15) is 5.56 Å². The number of phenolic OH excluding ortho intramolecular Hbond substituents is 1. The number of aromatic hydroxyl groups is 1. The van der Waals surface area contributed by atoms with E-state index in [1.54, 1.807) is 6.07 Å². The van der Waals surface area contributed by atoms with Gasteiger partial charge in [-0.05, 0) is 36.4 Å². The van der Waals surface area contributed by atoms with E-state index in [1.807, 2.05) is 0 Å². The van der Waals surface area contributed by atoms with Crippen molar-refractivity contribution in [1.82, 2.24) is 0 Å². The van der Waals surface area contributed by atoms with Gasteiger partial charge in [0.15, 0.2) is 11.5 Å². The van der Waals surface area contributed by atoms with Gasteiger partial charge < -0.3 is 19.9 Å². The zero-order valence-electron chi connectivity index (χ0n) is 13.1. The summed E-state index contributed by atoms with van der Waals surface area (Å²) >= 11 is 0. The quantitative estimate of drug-likeness (QED) is 0.283. The van der Waals surface area contributed by atoms with E-state index in [0.29, 0.717) is 5.69 Å². The fraction of sp³-hybridized carbons (Fsp3) is 0.0588. The first-order valence-electron chi connectivity index (χ1n) is 7.28.